The van der Waals surface area contributed by atoms with E-state index in [4.69, 9.17) is 0 Å². The molecule has 0 aromatic carbocycles. The number of aromatic amines is 1. The van der Waals surface area contributed by atoms with Crippen LogP contribution in [0.3, 0.4) is 0 Å². The maximum absolute atomic E-state index is 12.7. The maximum atomic E-state index is 12.7. The van der Waals surface area contributed by atoms with E-state index in [2.05, 4.69) is 20.3 Å². The van der Waals surface area contributed by atoms with Crippen LogP contribution in [0.15, 0.2) is 6.20 Å². The molecule has 2 aliphatic rings. The van der Waals surface area contributed by atoms with Crippen LogP contribution in [0.2, 0.25) is 0 Å². The second-order valence-corrected chi connectivity index (χ2v) is 6.98. The summed E-state index contributed by atoms with van der Waals surface area (Å²) in [4.78, 5) is 19.3. The number of nitrogens with one attached hydrogen (secondary N) is 1. The Labute approximate surface area is 141 Å². The second-order valence-electron chi connectivity index (χ2n) is 6.98. The van der Waals surface area contributed by atoms with E-state index in [0.717, 1.165) is 55.4 Å². The number of nitrogens with zero attached hydrogens (tertiary/aromatic N) is 5. The molecule has 24 heavy (non-hydrogen) atoms. The van der Waals surface area contributed by atoms with Crippen molar-refractivity contribution in [1.82, 2.24) is 29.9 Å². The number of hydrogen-bond donors (Lipinski definition) is 1. The number of carbonyl (C=O) groups excluding carboxylic acids is 1. The van der Waals surface area contributed by atoms with Crippen molar-refractivity contribution in [2.75, 3.05) is 13.1 Å². The average molecular weight is 328 g/mol. The molecule has 1 aliphatic heterocycles. The van der Waals surface area contributed by atoms with Crippen molar-refractivity contribution in [3.8, 4) is 0 Å². The molecule has 128 valence electrons. The summed E-state index contributed by atoms with van der Waals surface area (Å²) in [6.07, 6.45) is 6.03. The Kier molecular flexibility index (Phi) is 3.86. The Balaban J connectivity index is 1.38. The third-order valence-electron chi connectivity index (χ3n) is 5.18. The monoisotopic (exact) mass is 328 g/mol. The molecule has 1 atom stereocenters. The van der Waals surface area contributed by atoms with E-state index < -0.39 is 0 Å². The molecule has 3 heterocycles. The molecule has 7 nitrogen and oxygen atoms in total. The molecule has 4 rings (SSSR count). The van der Waals surface area contributed by atoms with Crippen molar-refractivity contribution in [2.24, 2.45) is 5.92 Å². The number of aromatic nitrogens is 5. The Bertz CT molecular complexity index is 744. The van der Waals surface area contributed by atoms with Gasteiger partial charge in [-0.15, -0.1) is 0 Å². The van der Waals surface area contributed by atoms with E-state index in [1.165, 1.54) is 12.8 Å². The summed E-state index contributed by atoms with van der Waals surface area (Å²) in [5.41, 5.74) is 1.68. The standard InChI is InChI=1S/C17H24N6O/c1-3-23-11(2)14(9-18-23)17(24)22-7-6-12(10-22)8-15-19-16(21-20-15)13-4-5-13/h9,12-13H,3-8,10H2,1-2H3,(H,19,20,21). The molecular formula is C17H24N6O. The molecule has 1 saturated heterocycles. The van der Waals surface area contributed by atoms with Crippen molar-refractivity contribution >= 4 is 5.91 Å². The van der Waals surface area contributed by atoms with Crippen LogP contribution >= 0.6 is 0 Å². The van der Waals surface area contributed by atoms with Crippen molar-refractivity contribution < 1.29 is 4.79 Å². The molecule has 1 amide bonds. The van der Waals surface area contributed by atoms with Gasteiger partial charge in [0.15, 0.2) is 5.82 Å². The molecule has 2 aromatic heterocycles. The zero-order valence-corrected chi connectivity index (χ0v) is 14.3. The average Bonchev–Trinajstić information content (AvgIpc) is 2.99. The van der Waals surface area contributed by atoms with E-state index in [9.17, 15) is 4.79 Å². The summed E-state index contributed by atoms with van der Waals surface area (Å²) in [7, 11) is 0. The third-order valence-corrected chi connectivity index (χ3v) is 5.18. The number of carbonyl (C=O) groups is 1. The number of rotatable bonds is 5. The van der Waals surface area contributed by atoms with Gasteiger partial charge in [-0.25, -0.2) is 4.98 Å². The molecule has 1 unspecified atom stereocenters. The van der Waals surface area contributed by atoms with E-state index in [-0.39, 0.29) is 5.91 Å². The number of likely N-dealkylation sites (tertiary alicyclic amines) is 1. The molecule has 2 fully saturated rings. The van der Waals surface area contributed by atoms with Crippen molar-refractivity contribution in [3.63, 3.8) is 0 Å². The fraction of sp³-hybridized carbons (Fsp3) is 0.647. The van der Waals surface area contributed by atoms with Gasteiger partial charge in [0.1, 0.15) is 5.82 Å². The van der Waals surface area contributed by atoms with E-state index in [1.54, 1.807) is 6.20 Å². The van der Waals surface area contributed by atoms with Crippen molar-refractivity contribution in [1.29, 1.82) is 0 Å². The highest BCUT2D eigenvalue weighted by atomic mass is 16.2. The first-order valence-electron chi connectivity index (χ1n) is 8.88. The molecule has 7 heteroatoms. The largest absolute Gasteiger partial charge is 0.338 e. The lowest BCUT2D eigenvalue weighted by Gasteiger charge is -2.16. The van der Waals surface area contributed by atoms with Crippen LogP contribution in [0, 0.1) is 12.8 Å². The topological polar surface area (TPSA) is 79.7 Å². The Morgan fingerprint density at radius 1 is 1.38 bits per heavy atom. The van der Waals surface area contributed by atoms with Gasteiger partial charge in [-0.3, -0.25) is 14.6 Å². The minimum absolute atomic E-state index is 0.103. The number of aryl methyl sites for hydroxylation is 1. The van der Waals surface area contributed by atoms with Gasteiger partial charge < -0.3 is 4.90 Å². The molecule has 1 N–H and O–H groups in total. The van der Waals surface area contributed by atoms with Gasteiger partial charge in [0.05, 0.1) is 11.8 Å². The summed E-state index contributed by atoms with van der Waals surface area (Å²) < 4.78 is 1.87. The van der Waals surface area contributed by atoms with Gasteiger partial charge in [0.2, 0.25) is 0 Å². The SMILES string of the molecule is CCn1ncc(C(=O)N2CCC(Cc3nc(C4CC4)n[nH]3)C2)c1C. The summed E-state index contributed by atoms with van der Waals surface area (Å²) in [5.74, 6) is 3.07. The van der Waals surface area contributed by atoms with Crippen molar-refractivity contribution in [2.45, 2.75) is 52.0 Å². The smallest absolute Gasteiger partial charge is 0.257 e. The number of H-pyrrole nitrogens is 1. The lowest BCUT2D eigenvalue weighted by Crippen LogP contribution is -2.29. The summed E-state index contributed by atoms with van der Waals surface area (Å²) in [6.45, 7) is 6.38. The highest BCUT2D eigenvalue weighted by molar-refractivity contribution is 5.95. The Hall–Kier alpha value is -2.18. The van der Waals surface area contributed by atoms with Gasteiger partial charge in [-0.2, -0.15) is 10.2 Å². The maximum Gasteiger partial charge on any atom is 0.257 e. The molecule has 1 saturated carbocycles. The van der Waals surface area contributed by atoms with Crippen LogP contribution < -0.4 is 0 Å². The van der Waals surface area contributed by atoms with Crippen LogP contribution in [0.4, 0.5) is 0 Å². The van der Waals surface area contributed by atoms with Gasteiger partial charge in [0, 0.05) is 37.7 Å². The van der Waals surface area contributed by atoms with Crippen LogP contribution in [-0.2, 0) is 13.0 Å². The highest BCUT2D eigenvalue weighted by Gasteiger charge is 2.31. The normalized spacial score (nSPS) is 20.8. The molecule has 1 aliphatic carbocycles. The first-order chi connectivity index (χ1) is 11.7. The number of hydrogen-bond acceptors (Lipinski definition) is 4. The Morgan fingerprint density at radius 2 is 2.21 bits per heavy atom. The second kappa shape index (κ2) is 6.03. The predicted molar refractivity (Wildman–Crippen MR) is 88.7 cm³/mol. The molecule has 0 spiro atoms. The molecule has 0 radical (unpaired) electrons. The predicted octanol–water partition coefficient (Wildman–Crippen LogP) is 1.91. The zero-order chi connectivity index (χ0) is 16.7. The van der Waals surface area contributed by atoms with Crippen LogP contribution in [0.25, 0.3) is 0 Å². The summed E-state index contributed by atoms with van der Waals surface area (Å²) >= 11 is 0. The van der Waals surface area contributed by atoms with Gasteiger partial charge in [-0.1, -0.05) is 0 Å². The molecule has 2 aromatic rings. The van der Waals surface area contributed by atoms with Gasteiger partial charge in [-0.05, 0) is 39.0 Å². The van der Waals surface area contributed by atoms with Crippen LogP contribution in [-0.4, -0.2) is 48.9 Å². The summed E-state index contributed by atoms with van der Waals surface area (Å²) in [6, 6.07) is 0. The summed E-state index contributed by atoms with van der Waals surface area (Å²) in [5, 5.41) is 11.7. The minimum atomic E-state index is 0.103. The molecule has 0 bridgehead atoms. The van der Waals surface area contributed by atoms with Gasteiger partial charge >= 0.3 is 0 Å². The highest BCUT2D eigenvalue weighted by Crippen LogP contribution is 2.37. The van der Waals surface area contributed by atoms with Crippen molar-refractivity contribution in [3.05, 3.63) is 29.1 Å². The van der Waals surface area contributed by atoms with E-state index in [1.807, 2.05) is 23.4 Å². The molecular weight excluding hydrogens is 304 g/mol. The third kappa shape index (κ3) is 2.83. The zero-order valence-electron chi connectivity index (χ0n) is 14.3. The van der Waals surface area contributed by atoms with E-state index in [0.29, 0.717) is 11.8 Å². The first-order valence-corrected chi connectivity index (χ1v) is 8.88. The Morgan fingerprint density at radius 3 is 2.92 bits per heavy atom. The quantitative estimate of drug-likeness (QED) is 0.909. The fourth-order valence-corrected chi connectivity index (χ4v) is 3.53. The van der Waals surface area contributed by atoms with Crippen LogP contribution in [0.1, 0.15) is 59.8 Å². The lowest BCUT2D eigenvalue weighted by atomic mass is 10.1. The van der Waals surface area contributed by atoms with Gasteiger partial charge in [0.25, 0.3) is 5.91 Å². The van der Waals surface area contributed by atoms with E-state index >= 15 is 0 Å². The first kappa shape index (κ1) is 15.4. The van der Waals surface area contributed by atoms with Crippen LogP contribution in [0.5, 0.6) is 0 Å². The fourth-order valence-electron chi connectivity index (χ4n) is 3.53. The number of amides is 1. The lowest BCUT2D eigenvalue weighted by molar-refractivity contribution is 0.0786. The minimum Gasteiger partial charge on any atom is -0.338 e.